The number of ether oxygens (including phenoxy) is 1. The summed E-state index contributed by atoms with van der Waals surface area (Å²) in [5.41, 5.74) is 1.92. The molecule has 0 saturated heterocycles. The van der Waals surface area contributed by atoms with E-state index in [0.717, 1.165) is 40.9 Å². The van der Waals surface area contributed by atoms with Crippen molar-refractivity contribution in [3.63, 3.8) is 0 Å². The van der Waals surface area contributed by atoms with Crippen LogP contribution < -0.4 is 10.1 Å². The molecule has 2 aromatic carbocycles. The zero-order chi connectivity index (χ0) is 15.1. The summed E-state index contributed by atoms with van der Waals surface area (Å²) < 4.78 is 20.0. The van der Waals surface area contributed by atoms with Gasteiger partial charge in [0.15, 0.2) is 0 Å². The minimum Gasteiger partial charge on any atom is -0.489 e. The predicted molar refractivity (Wildman–Crippen MR) is 86.9 cm³/mol. The molecule has 0 amide bonds. The van der Waals surface area contributed by atoms with E-state index in [1.807, 2.05) is 24.3 Å². The van der Waals surface area contributed by atoms with Crippen molar-refractivity contribution in [1.82, 2.24) is 5.32 Å². The molecule has 112 valence electrons. The predicted octanol–water partition coefficient (Wildman–Crippen LogP) is 4.67. The quantitative estimate of drug-likeness (QED) is 0.732. The van der Waals surface area contributed by atoms with Gasteiger partial charge in [-0.1, -0.05) is 35.0 Å². The first kappa shape index (κ1) is 16.0. The van der Waals surface area contributed by atoms with E-state index < -0.39 is 0 Å². The summed E-state index contributed by atoms with van der Waals surface area (Å²) >= 11 is 3.48. The second-order valence-electron chi connectivity index (χ2n) is 4.85. The maximum absolute atomic E-state index is 13.2. The molecule has 2 aromatic rings. The van der Waals surface area contributed by atoms with Crippen LogP contribution in [0, 0.1) is 5.82 Å². The summed E-state index contributed by atoms with van der Waals surface area (Å²) in [5, 5.41) is 3.37. The van der Waals surface area contributed by atoms with Crippen molar-refractivity contribution >= 4 is 15.9 Å². The molecule has 0 atom stereocenters. The lowest BCUT2D eigenvalue weighted by atomic mass is 10.2. The molecular weight excluding hydrogens is 333 g/mol. The maximum Gasteiger partial charge on any atom is 0.124 e. The standard InChI is InChI=1S/C17H19BrFNO/c1-2-8-20-11-14-10-15(18)6-7-17(14)21-12-13-4-3-5-16(19)9-13/h3-7,9-10,20H,2,8,11-12H2,1H3. The zero-order valence-corrected chi connectivity index (χ0v) is 13.6. The topological polar surface area (TPSA) is 21.3 Å². The Kier molecular flexibility index (Phi) is 6.21. The number of nitrogens with one attached hydrogen (secondary N) is 1. The minimum absolute atomic E-state index is 0.239. The number of rotatable bonds is 7. The summed E-state index contributed by atoms with van der Waals surface area (Å²) in [7, 11) is 0. The molecule has 0 radical (unpaired) electrons. The molecule has 21 heavy (non-hydrogen) atoms. The van der Waals surface area contributed by atoms with Crippen molar-refractivity contribution in [3.8, 4) is 5.75 Å². The molecule has 0 fully saturated rings. The van der Waals surface area contributed by atoms with E-state index in [9.17, 15) is 4.39 Å². The molecule has 0 aliphatic heterocycles. The van der Waals surface area contributed by atoms with E-state index in [2.05, 4.69) is 28.2 Å². The molecule has 0 bridgehead atoms. The van der Waals surface area contributed by atoms with E-state index in [4.69, 9.17) is 4.74 Å². The third kappa shape index (κ3) is 5.14. The Hall–Kier alpha value is -1.39. The minimum atomic E-state index is -0.239. The highest BCUT2D eigenvalue weighted by Crippen LogP contribution is 2.24. The molecule has 2 rings (SSSR count). The molecule has 0 spiro atoms. The SMILES string of the molecule is CCCNCc1cc(Br)ccc1OCc1cccc(F)c1. The number of benzene rings is 2. The van der Waals surface area contributed by atoms with Gasteiger partial charge in [0.1, 0.15) is 18.2 Å². The lowest BCUT2D eigenvalue weighted by Gasteiger charge is -2.13. The van der Waals surface area contributed by atoms with Crippen molar-refractivity contribution in [3.05, 3.63) is 63.9 Å². The van der Waals surface area contributed by atoms with Crippen LogP contribution in [0.25, 0.3) is 0 Å². The van der Waals surface area contributed by atoms with Crippen molar-refractivity contribution in [2.24, 2.45) is 0 Å². The highest BCUT2D eigenvalue weighted by molar-refractivity contribution is 9.10. The molecule has 1 N–H and O–H groups in total. The van der Waals surface area contributed by atoms with Gasteiger partial charge in [0, 0.05) is 16.6 Å². The van der Waals surface area contributed by atoms with Gasteiger partial charge in [0.05, 0.1) is 0 Å². The zero-order valence-electron chi connectivity index (χ0n) is 12.0. The average molecular weight is 352 g/mol. The first-order chi connectivity index (χ1) is 10.2. The smallest absolute Gasteiger partial charge is 0.124 e. The van der Waals surface area contributed by atoms with E-state index in [1.165, 1.54) is 12.1 Å². The van der Waals surface area contributed by atoms with E-state index in [0.29, 0.717) is 6.61 Å². The first-order valence-electron chi connectivity index (χ1n) is 7.05. The van der Waals surface area contributed by atoms with Crippen LogP contribution >= 0.6 is 15.9 Å². The van der Waals surface area contributed by atoms with Crippen LogP contribution in [0.15, 0.2) is 46.9 Å². The van der Waals surface area contributed by atoms with Crippen LogP contribution in [0.3, 0.4) is 0 Å². The number of halogens is 2. The summed E-state index contributed by atoms with van der Waals surface area (Å²) in [6.45, 7) is 4.22. The van der Waals surface area contributed by atoms with Crippen LogP contribution in [-0.2, 0) is 13.2 Å². The fourth-order valence-corrected chi connectivity index (χ4v) is 2.42. The molecule has 4 heteroatoms. The normalized spacial score (nSPS) is 10.6. The van der Waals surface area contributed by atoms with Crippen LogP contribution in [0.5, 0.6) is 5.75 Å². The van der Waals surface area contributed by atoms with Crippen LogP contribution in [-0.4, -0.2) is 6.54 Å². The van der Waals surface area contributed by atoms with Crippen molar-refractivity contribution in [1.29, 1.82) is 0 Å². The van der Waals surface area contributed by atoms with E-state index in [-0.39, 0.29) is 5.82 Å². The molecule has 0 aliphatic carbocycles. The lowest BCUT2D eigenvalue weighted by Crippen LogP contribution is -2.14. The fourth-order valence-electron chi connectivity index (χ4n) is 2.01. The highest BCUT2D eigenvalue weighted by Gasteiger charge is 2.05. The van der Waals surface area contributed by atoms with Gasteiger partial charge >= 0.3 is 0 Å². The number of hydrogen-bond acceptors (Lipinski definition) is 2. The van der Waals surface area contributed by atoms with Gasteiger partial charge in [-0.25, -0.2) is 4.39 Å². The summed E-state index contributed by atoms with van der Waals surface area (Å²) in [6.07, 6.45) is 1.09. The van der Waals surface area contributed by atoms with Crippen LogP contribution in [0.1, 0.15) is 24.5 Å². The molecule has 0 saturated carbocycles. The molecule has 0 aliphatic rings. The Bertz CT molecular complexity index is 589. The Morgan fingerprint density at radius 2 is 2.05 bits per heavy atom. The number of hydrogen-bond donors (Lipinski definition) is 1. The van der Waals surface area contributed by atoms with E-state index >= 15 is 0 Å². The molecule has 2 nitrogen and oxygen atoms in total. The van der Waals surface area contributed by atoms with Gasteiger partial charge in [0.25, 0.3) is 0 Å². The molecule has 0 unspecified atom stereocenters. The second-order valence-corrected chi connectivity index (χ2v) is 5.76. The fraction of sp³-hybridized carbons (Fsp3) is 0.294. The Morgan fingerprint density at radius 1 is 1.19 bits per heavy atom. The van der Waals surface area contributed by atoms with Gasteiger partial charge in [-0.3, -0.25) is 0 Å². The average Bonchev–Trinajstić information content (AvgIpc) is 2.47. The largest absolute Gasteiger partial charge is 0.489 e. The second kappa shape index (κ2) is 8.15. The molecule has 0 aromatic heterocycles. The Balaban J connectivity index is 2.04. The third-order valence-corrected chi connectivity index (χ3v) is 3.54. The van der Waals surface area contributed by atoms with Gasteiger partial charge in [0.2, 0.25) is 0 Å². The van der Waals surface area contributed by atoms with Gasteiger partial charge in [-0.05, 0) is 48.9 Å². The monoisotopic (exact) mass is 351 g/mol. The van der Waals surface area contributed by atoms with Gasteiger partial charge in [-0.15, -0.1) is 0 Å². The van der Waals surface area contributed by atoms with Crippen LogP contribution in [0.4, 0.5) is 4.39 Å². The molecular formula is C17H19BrFNO. The Morgan fingerprint density at radius 3 is 2.81 bits per heavy atom. The van der Waals surface area contributed by atoms with Crippen LogP contribution in [0.2, 0.25) is 0 Å². The van der Waals surface area contributed by atoms with E-state index in [1.54, 1.807) is 6.07 Å². The third-order valence-electron chi connectivity index (χ3n) is 3.05. The van der Waals surface area contributed by atoms with Crippen molar-refractivity contribution < 1.29 is 9.13 Å². The van der Waals surface area contributed by atoms with Crippen molar-refractivity contribution in [2.75, 3.05) is 6.54 Å². The maximum atomic E-state index is 13.2. The highest BCUT2D eigenvalue weighted by atomic mass is 79.9. The summed E-state index contributed by atoms with van der Waals surface area (Å²) in [6, 6.07) is 12.4. The lowest BCUT2D eigenvalue weighted by molar-refractivity contribution is 0.301. The van der Waals surface area contributed by atoms with Gasteiger partial charge in [-0.2, -0.15) is 0 Å². The van der Waals surface area contributed by atoms with Crippen molar-refractivity contribution in [2.45, 2.75) is 26.5 Å². The summed E-state index contributed by atoms with van der Waals surface area (Å²) in [4.78, 5) is 0. The van der Waals surface area contributed by atoms with Gasteiger partial charge < -0.3 is 10.1 Å². The summed E-state index contributed by atoms with van der Waals surface area (Å²) in [5.74, 6) is 0.586. The Labute approximate surface area is 133 Å². The first-order valence-corrected chi connectivity index (χ1v) is 7.84. The molecule has 0 heterocycles.